The third kappa shape index (κ3) is 2.86. The predicted molar refractivity (Wildman–Crippen MR) is 80.9 cm³/mol. The highest BCUT2D eigenvalue weighted by Crippen LogP contribution is 2.14. The molecule has 0 spiro atoms. The van der Waals surface area contributed by atoms with E-state index in [1.54, 1.807) is 11.3 Å². The average Bonchev–Trinajstić information content (AvgIpc) is 3.02. The van der Waals surface area contributed by atoms with Gasteiger partial charge in [-0.15, -0.1) is 11.3 Å². The molecule has 6 heteroatoms. The van der Waals surface area contributed by atoms with Gasteiger partial charge in [0.2, 0.25) is 0 Å². The van der Waals surface area contributed by atoms with E-state index in [1.165, 1.54) is 10.6 Å². The summed E-state index contributed by atoms with van der Waals surface area (Å²) in [6, 6.07) is 2.14. The topological polar surface area (TPSA) is 66.5 Å². The number of aromatic nitrogens is 4. The molecular formula is C14H17N5S. The Morgan fingerprint density at radius 3 is 3.05 bits per heavy atom. The summed E-state index contributed by atoms with van der Waals surface area (Å²) < 4.78 is 0. The van der Waals surface area contributed by atoms with Crippen LogP contribution in [0.25, 0.3) is 11.0 Å². The Morgan fingerprint density at radius 1 is 1.35 bits per heavy atom. The summed E-state index contributed by atoms with van der Waals surface area (Å²) in [5.74, 6) is 0. The lowest BCUT2D eigenvalue weighted by molar-refractivity contribution is 0.684. The molecular weight excluding hydrogens is 270 g/mol. The van der Waals surface area contributed by atoms with E-state index in [0.717, 1.165) is 41.9 Å². The molecule has 3 aromatic rings. The number of nitrogens with one attached hydrogen (secondary N) is 2. The minimum Gasteiger partial charge on any atom is -0.312 e. The van der Waals surface area contributed by atoms with Crippen LogP contribution in [-0.4, -0.2) is 26.7 Å². The maximum absolute atomic E-state index is 4.45. The van der Waals surface area contributed by atoms with Gasteiger partial charge in [-0.3, -0.25) is 5.10 Å². The highest BCUT2D eigenvalue weighted by Gasteiger charge is 2.04. The molecule has 0 amide bonds. The molecule has 0 atom stereocenters. The first kappa shape index (κ1) is 13.2. The van der Waals surface area contributed by atoms with Crippen LogP contribution in [0.5, 0.6) is 0 Å². The summed E-state index contributed by atoms with van der Waals surface area (Å²) in [5.41, 5.74) is 4.13. The first-order valence-corrected chi connectivity index (χ1v) is 7.51. The Labute approximate surface area is 121 Å². The lowest BCUT2D eigenvalue weighted by Crippen LogP contribution is -2.16. The molecule has 5 nitrogen and oxygen atoms in total. The number of aromatic amines is 1. The van der Waals surface area contributed by atoms with Crippen LogP contribution in [0.2, 0.25) is 0 Å². The molecule has 20 heavy (non-hydrogen) atoms. The van der Waals surface area contributed by atoms with Crippen LogP contribution in [0, 0.1) is 13.8 Å². The van der Waals surface area contributed by atoms with Gasteiger partial charge in [-0.1, -0.05) is 0 Å². The third-order valence-electron chi connectivity index (χ3n) is 3.17. The molecule has 0 aliphatic carbocycles. The van der Waals surface area contributed by atoms with Gasteiger partial charge in [0.25, 0.3) is 0 Å². The third-order valence-corrected chi connectivity index (χ3v) is 4.19. The second kappa shape index (κ2) is 5.68. The predicted octanol–water partition coefficient (Wildman–Crippen LogP) is 2.36. The van der Waals surface area contributed by atoms with E-state index in [9.17, 15) is 0 Å². The number of hydrogen-bond acceptors (Lipinski definition) is 5. The van der Waals surface area contributed by atoms with Gasteiger partial charge in [-0.2, -0.15) is 5.10 Å². The van der Waals surface area contributed by atoms with Crippen molar-refractivity contribution in [2.24, 2.45) is 0 Å². The largest absolute Gasteiger partial charge is 0.312 e. The molecule has 104 valence electrons. The average molecular weight is 287 g/mol. The van der Waals surface area contributed by atoms with E-state index < -0.39 is 0 Å². The number of pyridine rings is 1. The lowest BCUT2D eigenvalue weighted by Gasteiger charge is -2.03. The number of hydrogen-bond donors (Lipinski definition) is 2. The smallest absolute Gasteiger partial charge is 0.181 e. The minimum absolute atomic E-state index is 0.782. The molecule has 2 N–H and O–H groups in total. The molecule has 0 aromatic carbocycles. The zero-order valence-corrected chi connectivity index (χ0v) is 12.4. The van der Waals surface area contributed by atoms with E-state index in [-0.39, 0.29) is 0 Å². The number of nitrogens with zero attached hydrogens (tertiary/aromatic N) is 3. The maximum atomic E-state index is 4.45. The SMILES string of the molecule is Cc1csc(CCNCc2cnc3n[nH]c(C)c3c2)n1. The van der Waals surface area contributed by atoms with Crippen molar-refractivity contribution in [1.82, 2.24) is 25.5 Å². The highest BCUT2D eigenvalue weighted by molar-refractivity contribution is 7.09. The molecule has 3 rings (SSSR count). The molecule has 3 heterocycles. The standard InChI is InChI=1S/C14H17N5S/c1-9-8-20-13(17-9)3-4-15-6-11-5-12-10(2)18-19-14(12)16-7-11/h5,7-8,15H,3-4,6H2,1-2H3,(H,16,18,19). The van der Waals surface area contributed by atoms with Gasteiger partial charge in [0.1, 0.15) is 0 Å². The molecule has 0 saturated carbocycles. The van der Waals surface area contributed by atoms with E-state index in [2.05, 4.69) is 36.9 Å². The van der Waals surface area contributed by atoms with Gasteiger partial charge in [0, 0.05) is 47.9 Å². The van der Waals surface area contributed by atoms with E-state index in [1.807, 2.05) is 20.0 Å². The molecule has 0 bridgehead atoms. The van der Waals surface area contributed by atoms with Gasteiger partial charge >= 0.3 is 0 Å². The normalized spacial score (nSPS) is 11.3. The Morgan fingerprint density at radius 2 is 2.25 bits per heavy atom. The summed E-state index contributed by atoms with van der Waals surface area (Å²) in [4.78, 5) is 8.80. The minimum atomic E-state index is 0.782. The first-order valence-electron chi connectivity index (χ1n) is 6.63. The van der Waals surface area contributed by atoms with Crippen LogP contribution in [0.3, 0.4) is 0 Å². The fourth-order valence-electron chi connectivity index (χ4n) is 2.11. The van der Waals surface area contributed by atoms with Gasteiger partial charge in [0.05, 0.1) is 5.01 Å². The number of aryl methyl sites for hydroxylation is 2. The number of fused-ring (bicyclic) bond motifs is 1. The first-order chi connectivity index (χ1) is 9.72. The summed E-state index contributed by atoms with van der Waals surface area (Å²) in [5, 5.41) is 14.9. The molecule has 0 aliphatic heterocycles. The van der Waals surface area contributed by atoms with Crippen molar-refractivity contribution in [3.8, 4) is 0 Å². The summed E-state index contributed by atoms with van der Waals surface area (Å²) in [6.07, 6.45) is 2.85. The van der Waals surface area contributed by atoms with Crippen molar-refractivity contribution >= 4 is 22.4 Å². The van der Waals surface area contributed by atoms with Crippen LogP contribution in [0.1, 0.15) is 22.0 Å². The van der Waals surface area contributed by atoms with Gasteiger partial charge in [-0.05, 0) is 25.5 Å². The van der Waals surface area contributed by atoms with Crippen molar-refractivity contribution in [3.63, 3.8) is 0 Å². The van der Waals surface area contributed by atoms with Crippen LogP contribution >= 0.6 is 11.3 Å². The van der Waals surface area contributed by atoms with E-state index >= 15 is 0 Å². The quantitative estimate of drug-likeness (QED) is 0.707. The maximum Gasteiger partial charge on any atom is 0.181 e. The summed E-state index contributed by atoms with van der Waals surface area (Å²) in [6.45, 7) is 5.79. The summed E-state index contributed by atoms with van der Waals surface area (Å²) in [7, 11) is 0. The van der Waals surface area contributed by atoms with Crippen LogP contribution < -0.4 is 5.32 Å². The zero-order chi connectivity index (χ0) is 13.9. The number of thiazole rings is 1. The van der Waals surface area contributed by atoms with Crippen molar-refractivity contribution < 1.29 is 0 Å². The van der Waals surface area contributed by atoms with Crippen LogP contribution in [-0.2, 0) is 13.0 Å². The van der Waals surface area contributed by atoms with Gasteiger partial charge in [0.15, 0.2) is 5.65 Å². The van der Waals surface area contributed by atoms with E-state index in [4.69, 9.17) is 0 Å². The Balaban J connectivity index is 1.55. The van der Waals surface area contributed by atoms with E-state index in [0.29, 0.717) is 0 Å². The van der Waals surface area contributed by atoms with Gasteiger partial charge < -0.3 is 5.32 Å². The number of H-pyrrole nitrogens is 1. The second-order valence-electron chi connectivity index (χ2n) is 4.87. The summed E-state index contributed by atoms with van der Waals surface area (Å²) >= 11 is 1.72. The molecule has 0 unspecified atom stereocenters. The Bertz CT molecular complexity index is 715. The van der Waals surface area contributed by atoms with Crippen LogP contribution in [0.4, 0.5) is 0 Å². The molecule has 0 saturated heterocycles. The fraction of sp³-hybridized carbons (Fsp3) is 0.357. The van der Waals surface area contributed by atoms with Crippen molar-refractivity contribution in [2.75, 3.05) is 6.54 Å². The second-order valence-corrected chi connectivity index (χ2v) is 5.82. The van der Waals surface area contributed by atoms with Crippen molar-refractivity contribution in [1.29, 1.82) is 0 Å². The van der Waals surface area contributed by atoms with Crippen molar-refractivity contribution in [3.05, 3.63) is 39.6 Å². The van der Waals surface area contributed by atoms with Crippen molar-refractivity contribution in [2.45, 2.75) is 26.8 Å². The molecule has 0 aliphatic rings. The molecule has 3 aromatic heterocycles. The molecule has 0 fully saturated rings. The van der Waals surface area contributed by atoms with Crippen LogP contribution in [0.15, 0.2) is 17.6 Å². The monoisotopic (exact) mass is 287 g/mol. The zero-order valence-electron chi connectivity index (χ0n) is 11.6. The van der Waals surface area contributed by atoms with Gasteiger partial charge in [-0.25, -0.2) is 9.97 Å². The molecule has 0 radical (unpaired) electrons. The number of rotatable bonds is 5. The Hall–Kier alpha value is -1.79. The Kier molecular flexibility index (Phi) is 3.75. The lowest BCUT2D eigenvalue weighted by atomic mass is 10.2. The highest BCUT2D eigenvalue weighted by atomic mass is 32.1. The fourth-order valence-corrected chi connectivity index (χ4v) is 2.88.